The number of ether oxygens (including phenoxy) is 1. The van der Waals surface area contributed by atoms with Crippen LogP contribution < -0.4 is 5.32 Å². The summed E-state index contributed by atoms with van der Waals surface area (Å²) >= 11 is 0. The Labute approximate surface area is 95.2 Å². The molecule has 0 atom stereocenters. The van der Waals surface area contributed by atoms with Crippen molar-refractivity contribution in [2.45, 2.75) is 12.6 Å². The van der Waals surface area contributed by atoms with E-state index in [2.05, 4.69) is 47.8 Å². The minimum absolute atomic E-state index is 0.541. The fourth-order valence-electron chi connectivity index (χ4n) is 2.05. The normalized spacial score (nSPS) is 16.2. The van der Waals surface area contributed by atoms with Gasteiger partial charge in [0.15, 0.2) is 0 Å². The topological polar surface area (TPSA) is 21.3 Å². The van der Waals surface area contributed by atoms with Crippen LogP contribution in [0.4, 0.5) is 0 Å². The molecule has 2 aromatic carbocycles. The molecule has 2 heteroatoms. The zero-order valence-corrected chi connectivity index (χ0v) is 9.15. The van der Waals surface area contributed by atoms with Gasteiger partial charge < -0.3 is 10.1 Å². The number of hydrogen-bond acceptors (Lipinski definition) is 2. The Morgan fingerprint density at radius 1 is 1.06 bits per heavy atom. The molecule has 3 rings (SSSR count). The first-order chi connectivity index (χ1) is 7.93. The fraction of sp³-hybridized carbons (Fsp3) is 0.286. The minimum Gasteiger partial charge on any atom is -0.378 e. The largest absolute Gasteiger partial charge is 0.378 e. The highest BCUT2D eigenvalue weighted by Gasteiger charge is 2.17. The van der Waals surface area contributed by atoms with Crippen molar-refractivity contribution in [3.63, 3.8) is 0 Å². The van der Waals surface area contributed by atoms with Gasteiger partial charge in [0.2, 0.25) is 0 Å². The lowest BCUT2D eigenvalue weighted by Crippen LogP contribution is -2.45. The first-order valence-electron chi connectivity index (χ1n) is 5.71. The molecule has 0 bridgehead atoms. The van der Waals surface area contributed by atoms with Gasteiger partial charge in [-0.05, 0) is 16.3 Å². The number of hydrogen-bond donors (Lipinski definition) is 1. The molecule has 0 aromatic heterocycles. The molecule has 16 heavy (non-hydrogen) atoms. The highest BCUT2D eigenvalue weighted by atomic mass is 16.5. The van der Waals surface area contributed by atoms with Crippen molar-refractivity contribution >= 4 is 10.8 Å². The number of rotatable bonds is 3. The zero-order valence-electron chi connectivity index (χ0n) is 9.15. The molecule has 1 aliphatic rings. The van der Waals surface area contributed by atoms with E-state index in [9.17, 15) is 0 Å². The fourth-order valence-corrected chi connectivity index (χ4v) is 2.05. The lowest BCUT2D eigenvalue weighted by Gasteiger charge is -2.27. The Balaban J connectivity index is 1.84. The summed E-state index contributed by atoms with van der Waals surface area (Å²) in [7, 11) is 0. The van der Waals surface area contributed by atoms with Crippen LogP contribution >= 0.6 is 0 Å². The molecule has 1 heterocycles. The van der Waals surface area contributed by atoms with E-state index in [0.29, 0.717) is 6.04 Å². The van der Waals surface area contributed by atoms with E-state index in [1.165, 1.54) is 16.3 Å². The van der Waals surface area contributed by atoms with Crippen molar-refractivity contribution in [2.24, 2.45) is 0 Å². The van der Waals surface area contributed by atoms with Crippen LogP contribution in [-0.2, 0) is 11.3 Å². The summed E-state index contributed by atoms with van der Waals surface area (Å²) in [5.41, 5.74) is 1.37. The molecule has 1 aliphatic heterocycles. The lowest BCUT2D eigenvalue weighted by atomic mass is 10.0. The van der Waals surface area contributed by atoms with Crippen LogP contribution in [0.5, 0.6) is 0 Å². The van der Waals surface area contributed by atoms with Crippen LogP contribution in [0.2, 0.25) is 0 Å². The van der Waals surface area contributed by atoms with E-state index in [1.807, 2.05) is 0 Å². The van der Waals surface area contributed by atoms with Crippen molar-refractivity contribution in [2.75, 3.05) is 13.2 Å². The van der Waals surface area contributed by atoms with Crippen LogP contribution in [0.15, 0.2) is 42.5 Å². The summed E-state index contributed by atoms with van der Waals surface area (Å²) in [4.78, 5) is 0. The van der Waals surface area contributed by atoms with Crippen LogP contribution in [0.25, 0.3) is 10.8 Å². The van der Waals surface area contributed by atoms with E-state index < -0.39 is 0 Å². The summed E-state index contributed by atoms with van der Waals surface area (Å²) in [6, 6.07) is 15.5. The highest BCUT2D eigenvalue weighted by molar-refractivity contribution is 5.85. The molecule has 0 spiro atoms. The Kier molecular flexibility index (Phi) is 2.60. The van der Waals surface area contributed by atoms with Gasteiger partial charge in [0, 0.05) is 6.54 Å². The monoisotopic (exact) mass is 213 g/mol. The molecule has 0 radical (unpaired) electrons. The second-order valence-corrected chi connectivity index (χ2v) is 4.25. The molecular formula is C14H15NO. The third-order valence-corrected chi connectivity index (χ3v) is 3.10. The van der Waals surface area contributed by atoms with Gasteiger partial charge in [0.1, 0.15) is 0 Å². The molecule has 1 fully saturated rings. The Morgan fingerprint density at radius 3 is 2.69 bits per heavy atom. The second kappa shape index (κ2) is 4.24. The third kappa shape index (κ3) is 1.82. The van der Waals surface area contributed by atoms with E-state index in [0.717, 1.165) is 19.8 Å². The third-order valence-electron chi connectivity index (χ3n) is 3.10. The molecule has 2 aromatic rings. The predicted molar refractivity (Wildman–Crippen MR) is 65.4 cm³/mol. The molecule has 0 unspecified atom stereocenters. The van der Waals surface area contributed by atoms with Gasteiger partial charge in [-0.25, -0.2) is 0 Å². The zero-order chi connectivity index (χ0) is 10.8. The molecule has 1 N–H and O–H groups in total. The van der Waals surface area contributed by atoms with Gasteiger partial charge >= 0.3 is 0 Å². The number of fused-ring (bicyclic) bond motifs is 1. The molecular weight excluding hydrogens is 198 g/mol. The molecule has 2 nitrogen and oxygen atoms in total. The predicted octanol–water partition coefficient (Wildman–Crippen LogP) is 2.33. The average Bonchev–Trinajstić information content (AvgIpc) is 2.27. The van der Waals surface area contributed by atoms with Crippen molar-refractivity contribution in [1.82, 2.24) is 5.32 Å². The molecule has 82 valence electrons. The lowest BCUT2D eigenvalue weighted by molar-refractivity contribution is -0.00574. The second-order valence-electron chi connectivity index (χ2n) is 4.25. The van der Waals surface area contributed by atoms with Gasteiger partial charge in [-0.15, -0.1) is 0 Å². The summed E-state index contributed by atoms with van der Waals surface area (Å²) in [5, 5.41) is 6.16. The van der Waals surface area contributed by atoms with E-state index in [-0.39, 0.29) is 0 Å². The van der Waals surface area contributed by atoms with Gasteiger partial charge in [-0.3, -0.25) is 0 Å². The maximum Gasteiger partial charge on any atom is 0.0643 e. The maximum atomic E-state index is 5.15. The Morgan fingerprint density at radius 2 is 1.88 bits per heavy atom. The summed E-state index contributed by atoms with van der Waals surface area (Å²) in [6.07, 6.45) is 0. The summed E-state index contributed by atoms with van der Waals surface area (Å²) < 4.78 is 5.15. The van der Waals surface area contributed by atoms with Crippen LogP contribution in [0.1, 0.15) is 5.56 Å². The smallest absolute Gasteiger partial charge is 0.0643 e. The summed E-state index contributed by atoms with van der Waals surface area (Å²) in [5.74, 6) is 0. The van der Waals surface area contributed by atoms with Gasteiger partial charge in [0.05, 0.1) is 19.3 Å². The van der Waals surface area contributed by atoms with Gasteiger partial charge in [0.25, 0.3) is 0 Å². The molecule has 0 saturated carbocycles. The van der Waals surface area contributed by atoms with Crippen LogP contribution in [0, 0.1) is 0 Å². The Bertz CT molecular complexity index is 486. The number of nitrogens with one attached hydrogen (secondary N) is 1. The van der Waals surface area contributed by atoms with Gasteiger partial charge in [-0.2, -0.15) is 0 Å². The van der Waals surface area contributed by atoms with Crippen LogP contribution in [0.3, 0.4) is 0 Å². The number of benzene rings is 2. The SMILES string of the molecule is c1ccc2c(CNC3COC3)cccc2c1. The van der Waals surface area contributed by atoms with E-state index in [1.54, 1.807) is 0 Å². The Hall–Kier alpha value is -1.38. The minimum atomic E-state index is 0.541. The van der Waals surface area contributed by atoms with Crippen molar-refractivity contribution < 1.29 is 4.74 Å². The summed E-state index contributed by atoms with van der Waals surface area (Å²) in [6.45, 7) is 2.63. The first-order valence-corrected chi connectivity index (χ1v) is 5.71. The van der Waals surface area contributed by atoms with Crippen LogP contribution in [-0.4, -0.2) is 19.3 Å². The molecule has 1 saturated heterocycles. The van der Waals surface area contributed by atoms with Gasteiger partial charge in [-0.1, -0.05) is 42.5 Å². The molecule has 0 aliphatic carbocycles. The molecule has 0 amide bonds. The first kappa shape index (κ1) is 9.82. The van der Waals surface area contributed by atoms with E-state index in [4.69, 9.17) is 4.74 Å². The van der Waals surface area contributed by atoms with Crippen molar-refractivity contribution in [3.05, 3.63) is 48.0 Å². The standard InChI is InChI=1S/C14H15NO/c1-2-7-14-11(4-1)5-3-6-12(14)8-15-13-9-16-10-13/h1-7,13,15H,8-10H2. The van der Waals surface area contributed by atoms with Crippen molar-refractivity contribution in [1.29, 1.82) is 0 Å². The average molecular weight is 213 g/mol. The quantitative estimate of drug-likeness (QED) is 0.845. The van der Waals surface area contributed by atoms with Crippen molar-refractivity contribution in [3.8, 4) is 0 Å². The highest BCUT2D eigenvalue weighted by Crippen LogP contribution is 2.18. The van der Waals surface area contributed by atoms with E-state index >= 15 is 0 Å². The maximum absolute atomic E-state index is 5.15.